The van der Waals surface area contributed by atoms with E-state index in [1.165, 1.54) is 6.26 Å². The molecular weight excluding hydrogens is 467 g/mol. The second kappa shape index (κ2) is 13.2. The van der Waals surface area contributed by atoms with E-state index in [0.29, 0.717) is 18.2 Å². The van der Waals surface area contributed by atoms with Crippen molar-refractivity contribution in [2.24, 2.45) is 10.9 Å². The van der Waals surface area contributed by atoms with Crippen LogP contribution in [0.15, 0.2) is 52.1 Å². The topological polar surface area (TPSA) is 78.7 Å². The van der Waals surface area contributed by atoms with Crippen LogP contribution >= 0.6 is 24.0 Å². The van der Waals surface area contributed by atoms with Gasteiger partial charge in [-0.25, -0.2) is 4.99 Å². The van der Waals surface area contributed by atoms with Crippen LogP contribution in [-0.2, 0) is 6.54 Å². The number of nitrogens with one attached hydrogen (secondary N) is 3. The smallest absolute Gasteiger partial charge is 0.291 e. The molecule has 28 heavy (non-hydrogen) atoms. The number of rotatable bonds is 9. The highest BCUT2D eigenvalue weighted by molar-refractivity contribution is 14.0. The molecule has 0 saturated carbocycles. The van der Waals surface area contributed by atoms with Crippen molar-refractivity contribution >= 4 is 41.5 Å². The summed E-state index contributed by atoms with van der Waals surface area (Å²) in [6.45, 7) is 8.73. The van der Waals surface area contributed by atoms with E-state index in [2.05, 4.69) is 41.7 Å². The van der Waals surface area contributed by atoms with Gasteiger partial charge in [-0.3, -0.25) is 4.79 Å². The molecule has 0 spiro atoms. The molecule has 154 valence electrons. The molecule has 1 aromatic carbocycles. The molecule has 1 amide bonds. The van der Waals surface area contributed by atoms with E-state index in [-0.39, 0.29) is 29.9 Å². The zero-order chi connectivity index (χ0) is 19.5. The Balaban J connectivity index is 0.00000392. The average molecular weight is 498 g/mol. The number of carbonyl (C=O) groups excluding carboxylic acids is 1. The quantitative estimate of drug-likeness (QED) is 0.268. The van der Waals surface area contributed by atoms with Gasteiger partial charge in [-0.05, 0) is 42.7 Å². The SMILES string of the molecule is CCNC(=NCc1cccc(NC(=O)c2ccco2)c1)NCC(CC)CC.I. The lowest BCUT2D eigenvalue weighted by atomic mass is 10.0. The van der Waals surface area contributed by atoms with Crippen molar-refractivity contribution < 1.29 is 9.21 Å². The summed E-state index contributed by atoms with van der Waals surface area (Å²) in [5, 5.41) is 9.53. The Labute approximate surface area is 184 Å². The van der Waals surface area contributed by atoms with Crippen molar-refractivity contribution in [1.82, 2.24) is 10.6 Å². The fraction of sp³-hybridized carbons (Fsp3) is 0.429. The monoisotopic (exact) mass is 498 g/mol. The van der Waals surface area contributed by atoms with Crippen molar-refractivity contribution in [3.8, 4) is 0 Å². The fourth-order valence-electron chi connectivity index (χ4n) is 2.68. The molecule has 6 nitrogen and oxygen atoms in total. The molecule has 0 aliphatic carbocycles. The summed E-state index contributed by atoms with van der Waals surface area (Å²) in [6.07, 6.45) is 3.79. The first-order valence-electron chi connectivity index (χ1n) is 9.62. The lowest BCUT2D eigenvalue weighted by Crippen LogP contribution is -2.39. The number of anilines is 1. The fourth-order valence-corrected chi connectivity index (χ4v) is 2.68. The first kappa shape index (κ1) is 24.0. The van der Waals surface area contributed by atoms with E-state index in [1.807, 2.05) is 24.3 Å². The number of carbonyl (C=O) groups is 1. The number of guanidine groups is 1. The number of aliphatic imine (C=N–C) groups is 1. The molecule has 2 aromatic rings. The molecule has 0 unspecified atom stereocenters. The van der Waals surface area contributed by atoms with Crippen LogP contribution in [0.4, 0.5) is 5.69 Å². The van der Waals surface area contributed by atoms with Crippen LogP contribution < -0.4 is 16.0 Å². The highest BCUT2D eigenvalue weighted by atomic mass is 127. The van der Waals surface area contributed by atoms with E-state index in [9.17, 15) is 4.79 Å². The number of hydrogen-bond acceptors (Lipinski definition) is 3. The van der Waals surface area contributed by atoms with Crippen LogP contribution in [0, 0.1) is 5.92 Å². The van der Waals surface area contributed by atoms with Gasteiger partial charge in [-0.2, -0.15) is 0 Å². The van der Waals surface area contributed by atoms with Gasteiger partial charge >= 0.3 is 0 Å². The predicted molar refractivity (Wildman–Crippen MR) is 125 cm³/mol. The third kappa shape index (κ3) is 7.92. The average Bonchev–Trinajstić information content (AvgIpc) is 3.22. The van der Waals surface area contributed by atoms with Crippen molar-refractivity contribution in [1.29, 1.82) is 0 Å². The summed E-state index contributed by atoms with van der Waals surface area (Å²) in [7, 11) is 0. The van der Waals surface area contributed by atoms with Gasteiger partial charge in [0, 0.05) is 18.8 Å². The Morgan fingerprint density at radius 1 is 1.11 bits per heavy atom. The number of benzene rings is 1. The zero-order valence-electron chi connectivity index (χ0n) is 16.8. The highest BCUT2D eigenvalue weighted by Gasteiger charge is 2.09. The summed E-state index contributed by atoms with van der Waals surface area (Å²) in [4.78, 5) is 16.7. The van der Waals surface area contributed by atoms with Crippen molar-refractivity contribution in [2.75, 3.05) is 18.4 Å². The molecular formula is C21H31IN4O2. The highest BCUT2D eigenvalue weighted by Crippen LogP contribution is 2.13. The Bertz CT molecular complexity index is 728. The van der Waals surface area contributed by atoms with Crippen LogP contribution in [0.5, 0.6) is 0 Å². The van der Waals surface area contributed by atoms with Crippen molar-refractivity contribution in [3.63, 3.8) is 0 Å². The van der Waals surface area contributed by atoms with Crippen LogP contribution in [0.3, 0.4) is 0 Å². The Kier molecular flexibility index (Phi) is 11.3. The molecule has 1 aromatic heterocycles. The number of furan rings is 1. The Hall–Kier alpha value is -2.03. The summed E-state index contributed by atoms with van der Waals surface area (Å²) >= 11 is 0. The standard InChI is InChI=1S/C21H30N4O2.HI/c1-4-16(5-2)14-23-21(22-6-3)24-15-17-9-7-10-18(13-17)25-20(26)19-11-8-12-27-19;/h7-13,16H,4-6,14-15H2,1-3H3,(H,25,26)(H2,22,23,24);1H. The minimum atomic E-state index is -0.263. The van der Waals surface area contributed by atoms with E-state index >= 15 is 0 Å². The normalized spacial score (nSPS) is 11.1. The maximum Gasteiger partial charge on any atom is 0.291 e. The van der Waals surface area contributed by atoms with Gasteiger partial charge < -0.3 is 20.4 Å². The van der Waals surface area contributed by atoms with Gasteiger partial charge in [0.2, 0.25) is 0 Å². The predicted octanol–water partition coefficient (Wildman–Crippen LogP) is 4.64. The second-order valence-corrected chi connectivity index (χ2v) is 6.39. The van der Waals surface area contributed by atoms with Crippen LogP contribution in [0.2, 0.25) is 0 Å². The number of nitrogens with zero attached hydrogens (tertiary/aromatic N) is 1. The Morgan fingerprint density at radius 2 is 1.89 bits per heavy atom. The second-order valence-electron chi connectivity index (χ2n) is 6.39. The third-order valence-corrected chi connectivity index (χ3v) is 4.41. The third-order valence-electron chi connectivity index (χ3n) is 4.41. The van der Waals surface area contributed by atoms with Gasteiger partial charge in [0.15, 0.2) is 11.7 Å². The van der Waals surface area contributed by atoms with E-state index < -0.39 is 0 Å². The maximum absolute atomic E-state index is 12.1. The van der Waals surface area contributed by atoms with Crippen LogP contribution in [-0.4, -0.2) is 25.0 Å². The van der Waals surface area contributed by atoms with Gasteiger partial charge in [0.25, 0.3) is 5.91 Å². The van der Waals surface area contributed by atoms with Crippen molar-refractivity contribution in [2.45, 2.75) is 40.2 Å². The molecule has 0 aliphatic rings. The first-order valence-corrected chi connectivity index (χ1v) is 9.62. The number of halogens is 1. The van der Waals surface area contributed by atoms with E-state index in [0.717, 1.165) is 43.1 Å². The number of amides is 1. The van der Waals surface area contributed by atoms with Gasteiger partial charge in [-0.15, -0.1) is 24.0 Å². The lowest BCUT2D eigenvalue weighted by Gasteiger charge is -2.16. The Morgan fingerprint density at radius 3 is 2.54 bits per heavy atom. The number of hydrogen-bond donors (Lipinski definition) is 3. The molecule has 3 N–H and O–H groups in total. The molecule has 0 atom stereocenters. The molecule has 0 aliphatic heterocycles. The minimum Gasteiger partial charge on any atom is -0.459 e. The van der Waals surface area contributed by atoms with Gasteiger partial charge in [0.1, 0.15) is 0 Å². The molecule has 2 rings (SSSR count). The van der Waals surface area contributed by atoms with E-state index in [1.54, 1.807) is 12.1 Å². The van der Waals surface area contributed by atoms with Crippen LogP contribution in [0.1, 0.15) is 49.7 Å². The maximum atomic E-state index is 12.1. The summed E-state index contributed by atoms with van der Waals surface area (Å²) in [5.74, 6) is 1.49. The van der Waals surface area contributed by atoms with Crippen LogP contribution in [0.25, 0.3) is 0 Å². The minimum absolute atomic E-state index is 0. The van der Waals surface area contributed by atoms with Crippen molar-refractivity contribution in [3.05, 3.63) is 54.0 Å². The summed E-state index contributed by atoms with van der Waals surface area (Å²) in [6, 6.07) is 11.0. The molecule has 0 radical (unpaired) electrons. The molecule has 0 saturated heterocycles. The summed E-state index contributed by atoms with van der Waals surface area (Å²) in [5.41, 5.74) is 1.74. The molecule has 0 bridgehead atoms. The molecule has 7 heteroatoms. The molecule has 0 fully saturated rings. The zero-order valence-corrected chi connectivity index (χ0v) is 19.2. The molecule has 1 heterocycles. The largest absolute Gasteiger partial charge is 0.459 e. The van der Waals surface area contributed by atoms with E-state index in [4.69, 9.17) is 4.42 Å². The lowest BCUT2D eigenvalue weighted by molar-refractivity contribution is 0.0996. The summed E-state index contributed by atoms with van der Waals surface area (Å²) < 4.78 is 5.12. The first-order chi connectivity index (χ1) is 13.2. The van der Waals surface area contributed by atoms with Gasteiger partial charge in [0.05, 0.1) is 12.8 Å². The van der Waals surface area contributed by atoms with Gasteiger partial charge in [-0.1, -0.05) is 38.8 Å².